The molecule has 1 unspecified atom stereocenters. The number of alkyl halides is 3. The van der Waals surface area contributed by atoms with Gasteiger partial charge >= 0.3 is 12.3 Å². The SMILES string of the molecule is COCC(c1cccc(C(F)(F)F)c1)N1CCN(OC(=O)Nc2nc3c(OC)ncnc3s2)CC1. The summed E-state index contributed by atoms with van der Waals surface area (Å²) in [5, 5.41) is 4.35. The number of hydrogen-bond donors (Lipinski definition) is 1. The van der Waals surface area contributed by atoms with Gasteiger partial charge in [-0.3, -0.25) is 10.2 Å². The number of hydrogen-bond acceptors (Lipinski definition) is 10. The maximum atomic E-state index is 13.2. The Morgan fingerprint density at radius 1 is 1.20 bits per heavy atom. The van der Waals surface area contributed by atoms with Crippen LogP contribution in [0.15, 0.2) is 30.6 Å². The van der Waals surface area contributed by atoms with Gasteiger partial charge in [-0.05, 0) is 17.7 Å². The standard InChI is InChI=1S/C21H23F3N6O4S/c1-32-11-15(13-4-3-5-14(10-13)21(22,23)24)29-6-8-30(9-7-29)34-20(31)28-19-27-16-17(33-2)25-12-26-18(16)35-19/h3-5,10,12,15H,6-9,11H2,1-2H3,(H,27,28,31). The number of halogens is 3. The molecule has 188 valence electrons. The fourth-order valence-electron chi connectivity index (χ4n) is 3.76. The number of thiazole rings is 1. The van der Waals surface area contributed by atoms with Crippen molar-refractivity contribution in [2.24, 2.45) is 0 Å². The van der Waals surface area contributed by atoms with Crippen molar-refractivity contribution in [1.82, 2.24) is 24.9 Å². The minimum Gasteiger partial charge on any atom is -0.479 e. The van der Waals surface area contributed by atoms with Crippen molar-refractivity contribution < 1.29 is 32.3 Å². The molecule has 1 aromatic carbocycles. The number of piperazine rings is 1. The zero-order chi connectivity index (χ0) is 25.0. The van der Waals surface area contributed by atoms with Gasteiger partial charge in [-0.25, -0.2) is 14.8 Å². The average Bonchev–Trinajstić information content (AvgIpc) is 3.25. The number of nitrogens with one attached hydrogen (secondary N) is 1. The van der Waals surface area contributed by atoms with E-state index in [9.17, 15) is 18.0 Å². The summed E-state index contributed by atoms with van der Waals surface area (Å²) in [6, 6.07) is 4.89. The molecular weight excluding hydrogens is 489 g/mol. The van der Waals surface area contributed by atoms with Gasteiger partial charge in [0.05, 0.1) is 25.3 Å². The van der Waals surface area contributed by atoms with E-state index in [1.165, 1.54) is 31.7 Å². The molecular formula is C21H23F3N6O4S. The summed E-state index contributed by atoms with van der Waals surface area (Å²) in [6.45, 7) is 1.89. The molecule has 35 heavy (non-hydrogen) atoms. The number of fused-ring (bicyclic) bond motifs is 1. The number of nitrogens with zero attached hydrogens (tertiary/aromatic N) is 5. The third-order valence-electron chi connectivity index (χ3n) is 5.41. The molecule has 0 radical (unpaired) electrons. The Morgan fingerprint density at radius 3 is 2.66 bits per heavy atom. The maximum absolute atomic E-state index is 13.2. The van der Waals surface area contributed by atoms with Crippen molar-refractivity contribution in [3.05, 3.63) is 41.7 Å². The van der Waals surface area contributed by atoms with Gasteiger partial charge in [0.1, 0.15) is 6.33 Å². The number of aromatic nitrogens is 3. The third kappa shape index (κ3) is 5.96. The van der Waals surface area contributed by atoms with E-state index in [1.807, 2.05) is 4.90 Å². The summed E-state index contributed by atoms with van der Waals surface area (Å²) in [5.74, 6) is 0.301. The van der Waals surface area contributed by atoms with Crippen molar-refractivity contribution in [1.29, 1.82) is 0 Å². The molecule has 3 heterocycles. The van der Waals surface area contributed by atoms with Crippen molar-refractivity contribution in [2.45, 2.75) is 12.2 Å². The lowest BCUT2D eigenvalue weighted by Gasteiger charge is -2.38. The molecule has 0 spiro atoms. The predicted octanol–water partition coefficient (Wildman–Crippen LogP) is 3.58. The average molecular weight is 513 g/mol. The Balaban J connectivity index is 1.35. The number of amides is 1. The summed E-state index contributed by atoms with van der Waals surface area (Å²) in [6.07, 6.45) is -3.79. The molecule has 10 nitrogen and oxygen atoms in total. The van der Waals surface area contributed by atoms with E-state index in [0.29, 0.717) is 48.0 Å². The summed E-state index contributed by atoms with van der Waals surface area (Å²) >= 11 is 1.15. The van der Waals surface area contributed by atoms with Crippen molar-refractivity contribution >= 4 is 32.9 Å². The number of methoxy groups -OCH3 is 2. The van der Waals surface area contributed by atoms with Crippen molar-refractivity contribution in [3.8, 4) is 5.88 Å². The van der Waals surface area contributed by atoms with Gasteiger partial charge in [-0.15, -0.1) is 5.06 Å². The van der Waals surface area contributed by atoms with Crippen LogP contribution in [-0.2, 0) is 15.8 Å². The van der Waals surface area contributed by atoms with E-state index in [4.69, 9.17) is 14.3 Å². The first-order valence-electron chi connectivity index (χ1n) is 10.6. The van der Waals surface area contributed by atoms with Gasteiger partial charge in [0.2, 0.25) is 5.88 Å². The van der Waals surface area contributed by atoms with Crippen LogP contribution in [0.2, 0.25) is 0 Å². The first-order chi connectivity index (χ1) is 16.8. The second kappa shape index (κ2) is 10.7. The van der Waals surface area contributed by atoms with Crippen molar-refractivity contribution in [3.63, 3.8) is 0 Å². The molecule has 1 atom stereocenters. The molecule has 1 aliphatic heterocycles. The van der Waals surface area contributed by atoms with Gasteiger partial charge in [-0.2, -0.15) is 18.2 Å². The Morgan fingerprint density at radius 2 is 1.97 bits per heavy atom. The molecule has 3 aromatic rings. The van der Waals surface area contributed by atoms with Crippen molar-refractivity contribution in [2.75, 3.05) is 52.3 Å². The topological polar surface area (TPSA) is 102 Å². The lowest BCUT2D eigenvalue weighted by Crippen LogP contribution is -2.49. The highest BCUT2D eigenvalue weighted by Crippen LogP contribution is 2.32. The third-order valence-corrected chi connectivity index (χ3v) is 6.29. The highest BCUT2D eigenvalue weighted by Gasteiger charge is 2.32. The summed E-state index contributed by atoms with van der Waals surface area (Å²) in [4.78, 5) is 32.7. The van der Waals surface area contributed by atoms with E-state index < -0.39 is 17.8 Å². The second-order valence-electron chi connectivity index (χ2n) is 7.62. The van der Waals surface area contributed by atoms with Crippen LogP contribution >= 0.6 is 11.3 Å². The monoisotopic (exact) mass is 512 g/mol. The van der Waals surface area contributed by atoms with Gasteiger partial charge in [0.25, 0.3) is 0 Å². The van der Waals surface area contributed by atoms with Crippen LogP contribution in [0.4, 0.5) is 23.1 Å². The fourth-order valence-corrected chi connectivity index (χ4v) is 4.55. The molecule has 1 aliphatic rings. The largest absolute Gasteiger partial charge is 0.479 e. The van der Waals surface area contributed by atoms with E-state index in [0.717, 1.165) is 23.5 Å². The van der Waals surface area contributed by atoms with Gasteiger partial charge in [0, 0.05) is 33.3 Å². The van der Waals surface area contributed by atoms with Gasteiger partial charge in [-0.1, -0.05) is 23.5 Å². The number of carbonyl (C=O) groups excluding carboxylic acids is 1. The number of carbonyl (C=O) groups is 1. The maximum Gasteiger partial charge on any atom is 0.432 e. The molecule has 4 rings (SSSR count). The summed E-state index contributed by atoms with van der Waals surface area (Å²) < 4.78 is 49.9. The lowest BCUT2D eigenvalue weighted by molar-refractivity contribution is -0.137. The molecule has 0 bridgehead atoms. The highest BCUT2D eigenvalue weighted by atomic mass is 32.1. The Hall–Kier alpha value is -3.07. The molecule has 1 fully saturated rings. The first-order valence-corrected chi connectivity index (χ1v) is 11.4. The zero-order valence-electron chi connectivity index (χ0n) is 18.9. The number of hydroxylamine groups is 2. The lowest BCUT2D eigenvalue weighted by atomic mass is 10.0. The number of anilines is 1. The minimum absolute atomic E-state index is 0.229. The quantitative estimate of drug-likeness (QED) is 0.509. The minimum atomic E-state index is -4.42. The predicted molar refractivity (Wildman–Crippen MR) is 121 cm³/mol. The van der Waals surface area contributed by atoms with Crippen LogP contribution < -0.4 is 10.1 Å². The van der Waals surface area contributed by atoms with Crippen LogP contribution in [0, 0.1) is 0 Å². The fraction of sp³-hybridized carbons (Fsp3) is 0.429. The van der Waals surface area contributed by atoms with Gasteiger partial charge in [0.15, 0.2) is 15.5 Å². The normalized spacial score (nSPS) is 16.3. The molecule has 0 saturated carbocycles. The van der Waals surface area contributed by atoms with Crippen LogP contribution in [0.5, 0.6) is 5.88 Å². The zero-order valence-corrected chi connectivity index (χ0v) is 19.7. The summed E-state index contributed by atoms with van der Waals surface area (Å²) in [7, 11) is 2.97. The summed E-state index contributed by atoms with van der Waals surface area (Å²) in [5.41, 5.74) is 0.249. The molecule has 0 aliphatic carbocycles. The number of rotatable bonds is 7. The molecule has 1 N–H and O–H groups in total. The molecule has 1 amide bonds. The Kier molecular flexibility index (Phi) is 7.64. The second-order valence-corrected chi connectivity index (χ2v) is 8.60. The number of benzene rings is 1. The van der Waals surface area contributed by atoms with Gasteiger partial charge < -0.3 is 14.3 Å². The molecule has 1 saturated heterocycles. The Labute approximate surface area is 202 Å². The van der Waals surface area contributed by atoms with Crippen LogP contribution in [-0.4, -0.2) is 78.0 Å². The van der Waals surface area contributed by atoms with Crippen LogP contribution in [0.25, 0.3) is 10.3 Å². The first kappa shape index (κ1) is 25.0. The van der Waals surface area contributed by atoms with E-state index in [-0.39, 0.29) is 17.8 Å². The van der Waals surface area contributed by atoms with E-state index >= 15 is 0 Å². The highest BCUT2D eigenvalue weighted by molar-refractivity contribution is 7.22. The number of ether oxygens (including phenoxy) is 2. The van der Waals surface area contributed by atoms with E-state index in [1.54, 1.807) is 6.07 Å². The molecule has 14 heteroatoms. The van der Waals surface area contributed by atoms with Crippen LogP contribution in [0.1, 0.15) is 17.2 Å². The smallest absolute Gasteiger partial charge is 0.432 e. The Bertz CT molecular complexity index is 1170. The van der Waals surface area contributed by atoms with Crippen LogP contribution in [0.3, 0.4) is 0 Å². The molecule has 2 aromatic heterocycles. The van der Waals surface area contributed by atoms with E-state index in [2.05, 4.69) is 20.3 Å².